The first-order chi connectivity index (χ1) is 8.59. The summed E-state index contributed by atoms with van der Waals surface area (Å²) in [6.07, 6.45) is 2.35. The molecular weight excluding hydrogens is 324 g/mol. The van der Waals surface area contributed by atoms with Crippen molar-refractivity contribution in [3.05, 3.63) is 35.4 Å². The predicted octanol–water partition coefficient (Wildman–Crippen LogP) is 4.24. The van der Waals surface area contributed by atoms with Gasteiger partial charge in [-0.1, -0.05) is 61.0 Å². The quantitative estimate of drug-likeness (QED) is 0.747. The van der Waals surface area contributed by atoms with Crippen molar-refractivity contribution in [3.63, 3.8) is 0 Å². The first kappa shape index (κ1) is 16.7. The number of sulfone groups is 1. The standard InChI is InChI=1S/C15H23BrO2S/c1-6-15(3,4)13-9-7-12(8-10-13)14(16)11(2)19(5,17)18/h7-11,14H,6H2,1-5H3. The van der Waals surface area contributed by atoms with Gasteiger partial charge in [0.25, 0.3) is 0 Å². The number of alkyl halides is 1. The average molecular weight is 347 g/mol. The molecule has 0 amide bonds. The van der Waals surface area contributed by atoms with Crippen molar-refractivity contribution in [2.45, 2.75) is 49.6 Å². The third-order valence-corrected chi connectivity index (χ3v) is 7.28. The predicted molar refractivity (Wildman–Crippen MR) is 85.7 cm³/mol. The van der Waals surface area contributed by atoms with Crippen LogP contribution in [0.2, 0.25) is 0 Å². The van der Waals surface area contributed by atoms with E-state index in [1.54, 1.807) is 6.92 Å². The molecule has 1 rings (SSSR count). The van der Waals surface area contributed by atoms with E-state index >= 15 is 0 Å². The maximum absolute atomic E-state index is 11.6. The van der Waals surface area contributed by atoms with E-state index in [0.717, 1.165) is 12.0 Å². The average Bonchev–Trinajstić information content (AvgIpc) is 2.36. The van der Waals surface area contributed by atoms with Gasteiger partial charge in [-0.05, 0) is 29.9 Å². The Labute approximate surface area is 125 Å². The van der Waals surface area contributed by atoms with Crippen LogP contribution in [0.5, 0.6) is 0 Å². The van der Waals surface area contributed by atoms with Gasteiger partial charge in [0.15, 0.2) is 9.84 Å². The SMILES string of the molecule is CCC(C)(C)c1ccc(C(Br)C(C)S(C)(=O)=O)cc1. The topological polar surface area (TPSA) is 34.1 Å². The summed E-state index contributed by atoms with van der Waals surface area (Å²) in [6, 6.07) is 8.24. The molecule has 0 radical (unpaired) electrons. The molecule has 2 atom stereocenters. The molecule has 0 saturated carbocycles. The van der Waals surface area contributed by atoms with Gasteiger partial charge in [0.1, 0.15) is 0 Å². The van der Waals surface area contributed by atoms with E-state index in [0.29, 0.717) is 0 Å². The fraction of sp³-hybridized carbons (Fsp3) is 0.600. The summed E-state index contributed by atoms with van der Waals surface area (Å²) >= 11 is 3.50. The minimum Gasteiger partial charge on any atom is -0.229 e. The van der Waals surface area contributed by atoms with Crippen LogP contribution in [0, 0.1) is 0 Å². The van der Waals surface area contributed by atoms with Crippen LogP contribution in [-0.2, 0) is 15.3 Å². The molecule has 0 N–H and O–H groups in total. The Hall–Kier alpha value is -0.350. The van der Waals surface area contributed by atoms with Crippen molar-refractivity contribution in [1.29, 1.82) is 0 Å². The molecule has 0 aliphatic carbocycles. The molecule has 4 heteroatoms. The molecule has 0 fully saturated rings. The van der Waals surface area contributed by atoms with Crippen LogP contribution >= 0.6 is 15.9 Å². The van der Waals surface area contributed by atoms with Gasteiger partial charge in [0, 0.05) is 6.26 Å². The van der Waals surface area contributed by atoms with Gasteiger partial charge in [-0.3, -0.25) is 0 Å². The van der Waals surface area contributed by atoms with Crippen LogP contribution in [0.1, 0.15) is 50.1 Å². The summed E-state index contributed by atoms with van der Waals surface area (Å²) in [5.41, 5.74) is 2.45. The molecule has 0 bridgehead atoms. The van der Waals surface area contributed by atoms with Crippen molar-refractivity contribution in [1.82, 2.24) is 0 Å². The van der Waals surface area contributed by atoms with Crippen LogP contribution in [0.25, 0.3) is 0 Å². The highest BCUT2D eigenvalue weighted by Crippen LogP contribution is 2.33. The molecule has 0 aliphatic rings. The summed E-state index contributed by atoms with van der Waals surface area (Å²) in [7, 11) is -3.04. The van der Waals surface area contributed by atoms with E-state index in [-0.39, 0.29) is 10.2 Å². The zero-order valence-electron chi connectivity index (χ0n) is 12.3. The van der Waals surface area contributed by atoms with Gasteiger partial charge < -0.3 is 0 Å². The van der Waals surface area contributed by atoms with Gasteiger partial charge in [-0.2, -0.15) is 0 Å². The highest BCUT2D eigenvalue weighted by molar-refractivity contribution is 9.09. The first-order valence-corrected chi connectivity index (χ1v) is 9.40. The van der Waals surface area contributed by atoms with E-state index in [1.807, 2.05) is 12.1 Å². The number of benzene rings is 1. The lowest BCUT2D eigenvalue weighted by Crippen LogP contribution is -2.21. The van der Waals surface area contributed by atoms with E-state index in [1.165, 1.54) is 11.8 Å². The lowest BCUT2D eigenvalue weighted by atomic mass is 9.82. The van der Waals surface area contributed by atoms with Crippen molar-refractivity contribution < 1.29 is 8.42 Å². The Morgan fingerprint density at radius 2 is 1.68 bits per heavy atom. The number of hydrogen-bond acceptors (Lipinski definition) is 2. The van der Waals surface area contributed by atoms with Crippen LogP contribution in [0.4, 0.5) is 0 Å². The second-order valence-electron chi connectivity index (χ2n) is 5.80. The second kappa shape index (κ2) is 5.96. The van der Waals surface area contributed by atoms with E-state index in [4.69, 9.17) is 0 Å². The van der Waals surface area contributed by atoms with Gasteiger partial charge in [-0.15, -0.1) is 0 Å². The molecule has 0 aromatic heterocycles. The van der Waals surface area contributed by atoms with Gasteiger partial charge in [0.2, 0.25) is 0 Å². The number of hydrogen-bond donors (Lipinski definition) is 0. The third kappa shape index (κ3) is 4.06. The Bertz CT molecular complexity index is 518. The highest BCUT2D eigenvalue weighted by Gasteiger charge is 2.25. The Morgan fingerprint density at radius 3 is 2.05 bits per heavy atom. The van der Waals surface area contributed by atoms with Crippen molar-refractivity contribution >= 4 is 25.8 Å². The molecule has 0 spiro atoms. The zero-order valence-corrected chi connectivity index (χ0v) is 14.7. The van der Waals surface area contributed by atoms with Gasteiger partial charge >= 0.3 is 0 Å². The molecular formula is C15H23BrO2S. The van der Waals surface area contributed by atoms with Gasteiger partial charge in [-0.25, -0.2) is 8.42 Å². The van der Waals surface area contributed by atoms with Crippen molar-refractivity contribution in [2.24, 2.45) is 0 Å². The number of halogens is 1. The molecule has 108 valence electrons. The minimum atomic E-state index is -3.04. The summed E-state index contributed by atoms with van der Waals surface area (Å²) < 4.78 is 23.2. The molecule has 0 saturated heterocycles. The Kier molecular flexibility index (Phi) is 5.24. The molecule has 2 unspecified atom stereocenters. The van der Waals surface area contributed by atoms with Crippen LogP contribution < -0.4 is 0 Å². The summed E-state index contributed by atoms with van der Waals surface area (Å²) in [6.45, 7) is 8.34. The first-order valence-electron chi connectivity index (χ1n) is 6.53. The lowest BCUT2D eigenvalue weighted by Gasteiger charge is -2.24. The summed E-state index contributed by atoms with van der Waals surface area (Å²) in [5.74, 6) is 0. The third-order valence-electron chi connectivity index (χ3n) is 3.98. The molecule has 0 aliphatic heterocycles. The minimum absolute atomic E-state index is 0.156. The van der Waals surface area contributed by atoms with E-state index in [9.17, 15) is 8.42 Å². The van der Waals surface area contributed by atoms with Crippen LogP contribution in [-0.4, -0.2) is 19.9 Å². The monoisotopic (exact) mass is 346 g/mol. The zero-order chi connectivity index (χ0) is 14.8. The smallest absolute Gasteiger partial charge is 0.151 e. The molecule has 1 aromatic rings. The maximum atomic E-state index is 11.6. The van der Waals surface area contributed by atoms with E-state index < -0.39 is 15.1 Å². The second-order valence-corrected chi connectivity index (χ2v) is 9.18. The molecule has 0 heterocycles. The van der Waals surface area contributed by atoms with E-state index in [2.05, 4.69) is 48.8 Å². The van der Waals surface area contributed by atoms with Crippen LogP contribution in [0.15, 0.2) is 24.3 Å². The van der Waals surface area contributed by atoms with Crippen molar-refractivity contribution in [3.8, 4) is 0 Å². The molecule has 1 aromatic carbocycles. The Balaban J connectivity index is 3.00. The maximum Gasteiger partial charge on any atom is 0.151 e. The van der Waals surface area contributed by atoms with Crippen LogP contribution in [0.3, 0.4) is 0 Å². The summed E-state index contributed by atoms with van der Waals surface area (Å²) in [4.78, 5) is -0.165. The highest BCUT2D eigenvalue weighted by atomic mass is 79.9. The van der Waals surface area contributed by atoms with Gasteiger partial charge in [0.05, 0.1) is 10.1 Å². The lowest BCUT2D eigenvalue weighted by molar-refractivity contribution is 0.506. The number of rotatable bonds is 5. The fourth-order valence-corrected chi connectivity index (χ4v) is 3.88. The largest absolute Gasteiger partial charge is 0.229 e. The van der Waals surface area contributed by atoms with Crippen molar-refractivity contribution in [2.75, 3.05) is 6.26 Å². The normalized spacial score (nSPS) is 16.1. The molecule has 19 heavy (non-hydrogen) atoms. The Morgan fingerprint density at radius 1 is 1.21 bits per heavy atom. The molecule has 2 nitrogen and oxygen atoms in total. The summed E-state index contributed by atoms with van der Waals surface area (Å²) in [5, 5.41) is -0.433. The fourth-order valence-electron chi connectivity index (χ4n) is 1.81.